The number of aromatic nitrogens is 2. The van der Waals surface area contributed by atoms with Crippen molar-refractivity contribution in [2.45, 2.75) is 0 Å². The fourth-order valence-electron chi connectivity index (χ4n) is 1.40. The molecule has 86 valence electrons. The Morgan fingerprint density at radius 2 is 2.12 bits per heavy atom. The van der Waals surface area contributed by atoms with E-state index in [0.29, 0.717) is 11.4 Å². The fraction of sp³-hybridized carbons (Fsp3) is 0.0833. The van der Waals surface area contributed by atoms with E-state index >= 15 is 0 Å². The quantitative estimate of drug-likeness (QED) is 0.722. The summed E-state index contributed by atoms with van der Waals surface area (Å²) in [6.07, 6.45) is 2.99. The third-order valence-electron chi connectivity index (χ3n) is 2.23. The summed E-state index contributed by atoms with van der Waals surface area (Å²) in [6.45, 7) is 0. The van der Waals surface area contributed by atoms with E-state index < -0.39 is 5.97 Å². The van der Waals surface area contributed by atoms with Crippen molar-refractivity contribution >= 4 is 5.97 Å². The van der Waals surface area contributed by atoms with Crippen molar-refractivity contribution < 1.29 is 9.53 Å². The van der Waals surface area contributed by atoms with Crippen LogP contribution in [0.3, 0.4) is 0 Å². The molecule has 0 bridgehead atoms. The van der Waals surface area contributed by atoms with Gasteiger partial charge in [0.1, 0.15) is 5.82 Å². The first-order valence-corrected chi connectivity index (χ1v) is 4.95. The van der Waals surface area contributed by atoms with Crippen LogP contribution >= 0.6 is 0 Å². The Morgan fingerprint density at radius 3 is 2.76 bits per heavy atom. The Hall–Kier alpha value is -2.43. The number of pyridine rings is 2. The molecule has 0 fully saturated rings. The van der Waals surface area contributed by atoms with E-state index in [2.05, 4.69) is 9.72 Å². The lowest BCUT2D eigenvalue weighted by molar-refractivity contribution is 0.0600. The van der Waals surface area contributed by atoms with Crippen molar-refractivity contribution in [3.8, 4) is 5.82 Å². The average Bonchev–Trinajstić information content (AvgIpc) is 2.39. The predicted molar refractivity (Wildman–Crippen MR) is 61.2 cm³/mol. The van der Waals surface area contributed by atoms with Crippen molar-refractivity contribution in [2.24, 2.45) is 0 Å². The van der Waals surface area contributed by atoms with E-state index in [-0.39, 0.29) is 5.56 Å². The van der Waals surface area contributed by atoms with Gasteiger partial charge < -0.3 is 4.74 Å². The summed E-state index contributed by atoms with van der Waals surface area (Å²) in [5.41, 5.74) is 0.0501. The van der Waals surface area contributed by atoms with Gasteiger partial charge in [0.25, 0.3) is 5.56 Å². The largest absolute Gasteiger partial charge is 0.465 e. The highest BCUT2D eigenvalue weighted by Gasteiger charge is 2.08. The van der Waals surface area contributed by atoms with Gasteiger partial charge in [-0.3, -0.25) is 9.36 Å². The van der Waals surface area contributed by atoms with Crippen LogP contribution in [0.1, 0.15) is 10.4 Å². The molecule has 2 heterocycles. The molecule has 0 atom stereocenters. The Labute approximate surface area is 97.3 Å². The molecule has 0 aliphatic heterocycles. The van der Waals surface area contributed by atoms with Crippen molar-refractivity contribution in [1.82, 2.24) is 9.55 Å². The number of rotatable bonds is 2. The zero-order chi connectivity index (χ0) is 12.3. The number of carbonyl (C=O) groups is 1. The molecule has 0 amide bonds. The van der Waals surface area contributed by atoms with E-state index in [0.717, 1.165) is 0 Å². The van der Waals surface area contributed by atoms with Gasteiger partial charge >= 0.3 is 5.97 Å². The van der Waals surface area contributed by atoms with Crippen LogP contribution in [0, 0.1) is 0 Å². The van der Waals surface area contributed by atoms with Crippen LogP contribution in [0.2, 0.25) is 0 Å². The van der Waals surface area contributed by atoms with Crippen molar-refractivity contribution in [3.05, 3.63) is 58.6 Å². The Kier molecular flexibility index (Phi) is 3.00. The molecule has 0 aromatic carbocycles. The van der Waals surface area contributed by atoms with Gasteiger partial charge in [-0.15, -0.1) is 0 Å². The van der Waals surface area contributed by atoms with Crippen LogP contribution in [0.25, 0.3) is 5.82 Å². The van der Waals surface area contributed by atoms with E-state index in [9.17, 15) is 9.59 Å². The van der Waals surface area contributed by atoms with Gasteiger partial charge in [0.05, 0.1) is 12.7 Å². The van der Waals surface area contributed by atoms with Gasteiger partial charge in [-0.05, 0) is 18.2 Å². The molecule has 0 saturated heterocycles. The number of methoxy groups -OCH3 is 1. The molecule has 0 saturated carbocycles. The van der Waals surface area contributed by atoms with E-state index in [1.807, 2.05) is 0 Å². The Balaban J connectivity index is 2.55. The van der Waals surface area contributed by atoms with Crippen LogP contribution in [0.15, 0.2) is 47.5 Å². The van der Waals surface area contributed by atoms with Crippen molar-refractivity contribution in [2.75, 3.05) is 7.11 Å². The summed E-state index contributed by atoms with van der Waals surface area (Å²) in [5, 5.41) is 0. The normalized spacial score (nSPS) is 9.94. The summed E-state index contributed by atoms with van der Waals surface area (Å²) < 4.78 is 5.89. The number of ether oxygens (including phenoxy) is 1. The van der Waals surface area contributed by atoms with E-state index in [1.165, 1.54) is 30.0 Å². The van der Waals surface area contributed by atoms with Crippen LogP contribution in [0.5, 0.6) is 0 Å². The van der Waals surface area contributed by atoms with Gasteiger partial charge in [-0.25, -0.2) is 9.78 Å². The van der Waals surface area contributed by atoms with E-state index in [4.69, 9.17) is 0 Å². The lowest BCUT2D eigenvalue weighted by Crippen LogP contribution is -2.19. The predicted octanol–water partition coefficient (Wildman–Crippen LogP) is 1.02. The molecule has 0 unspecified atom stereocenters. The van der Waals surface area contributed by atoms with Gasteiger partial charge in [-0.2, -0.15) is 0 Å². The summed E-state index contributed by atoms with van der Waals surface area (Å²) in [7, 11) is 1.29. The molecule has 0 radical (unpaired) electrons. The molecule has 2 aromatic heterocycles. The molecule has 0 aliphatic carbocycles. The molecule has 0 spiro atoms. The van der Waals surface area contributed by atoms with Crippen LogP contribution in [0.4, 0.5) is 0 Å². The molecule has 2 rings (SSSR count). The maximum absolute atomic E-state index is 11.7. The molecule has 0 N–H and O–H groups in total. The summed E-state index contributed by atoms with van der Waals surface area (Å²) in [4.78, 5) is 27.1. The topological polar surface area (TPSA) is 61.2 Å². The first-order chi connectivity index (χ1) is 8.22. The first-order valence-electron chi connectivity index (χ1n) is 4.95. The molecule has 0 aliphatic rings. The van der Waals surface area contributed by atoms with E-state index in [1.54, 1.807) is 24.4 Å². The maximum atomic E-state index is 11.7. The molecular formula is C12H10N2O3. The van der Waals surface area contributed by atoms with Gasteiger partial charge in [0.15, 0.2) is 0 Å². The minimum atomic E-state index is -0.491. The molecule has 5 nitrogen and oxygen atoms in total. The zero-order valence-electron chi connectivity index (χ0n) is 9.16. The second-order valence-electron chi connectivity index (χ2n) is 3.31. The third-order valence-corrected chi connectivity index (χ3v) is 2.23. The standard InChI is InChI=1S/C12H10N2O3/c1-17-12(16)9-5-6-11(15)14(8-9)10-4-2-3-7-13-10/h2-8H,1H3. The summed E-state index contributed by atoms with van der Waals surface area (Å²) in [5.74, 6) is -0.0297. The van der Waals surface area contributed by atoms with Crippen LogP contribution in [-0.4, -0.2) is 22.6 Å². The van der Waals surface area contributed by atoms with Gasteiger partial charge in [0.2, 0.25) is 0 Å². The molecule has 5 heteroatoms. The first kappa shape index (κ1) is 11.1. The summed E-state index contributed by atoms with van der Waals surface area (Å²) >= 11 is 0. The maximum Gasteiger partial charge on any atom is 0.339 e. The molecule has 2 aromatic rings. The smallest absolute Gasteiger partial charge is 0.339 e. The number of carbonyl (C=O) groups excluding carboxylic acids is 1. The summed E-state index contributed by atoms with van der Waals surface area (Å²) in [6, 6.07) is 7.93. The van der Waals surface area contributed by atoms with Crippen molar-refractivity contribution in [1.29, 1.82) is 0 Å². The molecule has 17 heavy (non-hydrogen) atoms. The van der Waals surface area contributed by atoms with Crippen molar-refractivity contribution in [3.63, 3.8) is 0 Å². The minimum Gasteiger partial charge on any atom is -0.465 e. The van der Waals surface area contributed by atoms with Gasteiger partial charge in [-0.1, -0.05) is 6.07 Å². The second-order valence-corrected chi connectivity index (χ2v) is 3.31. The number of nitrogens with zero attached hydrogens (tertiary/aromatic N) is 2. The third kappa shape index (κ3) is 2.23. The SMILES string of the molecule is COC(=O)c1ccc(=O)n(-c2ccccn2)c1. The van der Waals surface area contributed by atoms with Crippen LogP contribution in [-0.2, 0) is 4.74 Å². The monoisotopic (exact) mass is 230 g/mol. The average molecular weight is 230 g/mol. The highest BCUT2D eigenvalue weighted by atomic mass is 16.5. The zero-order valence-corrected chi connectivity index (χ0v) is 9.16. The molecular weight excluding hydrogens is 220 g/mol. The lowest BCUT2D eigenvalue weighted by Gasteiger charge is -2.05. The number of hydrogen-bond acceptors (Lipinski definition) is 4. The fourth-order valence-corrected chi connectivity index (χ4v) is 1.40. The lowest BCUT2D eigenvalue weighted by atomic mass is 10.3. The Bertz CT molecular complexity index is 590. The second kappa shape index (κ2) is 4.61. The highest BCUT2D eigenvalue weighted by Crippen LogP contribution is 2.03. The van der Waals surface area contributed by atoms with Crippen LogP contribution < -0.4 is 5.56 Å². The number of esters is 1. The Morgan fingerprint density at radius 1 is 1.29 bits per heavy atom. The highest BCUT2D eigenvalue weighted by molar-refractivity contribution is 5.88. The van der Waals surface area contributed by atoms with Gasteiger partial charge in [0, 0.05) is 18.5 Å². The minimum absolute atomic E-state index is 0.253. The number of hydrogen-bond donors (Lipinski definition) is 0.